The molecule has 0 atom stereocenters. The van der Waals surface area contributed by atoms with Crippen molar-refractivity contribution < 1.29 is 27.9 Å². The van der Waals surface area contributed by atoms with Crippen molar-refractivity contribution in [3.8, 4) is 5.75 Å². The highest BCUT2D eigenvalue weighted by Crippen LogP contribution is 2.38. The number of fused-ring (bicyclic) bond motifs is 2. The lowest BCUT2D eigenvalue weighted by Crippen LogP contribution is -2.38. The topological polar surface area (TPSA) is 144 Å². The van der Waals surface area contributed by atoms with Gasteiger partial charge in [0.05, 0.1) is 59.8 Å². The van der Waals surface area contributed by atoms with Gasteiger partial charge in [0, 0.05) is 12.1 Å². The van der Waals surface area contributed by atoms with E-state index in [1.807, 2.05) is 0 Å². The fourth-order valence-corrected chi connectivity index (χ4v) is 9.17. The quantitative estimate of drug-likeness (QED) is 0.378. The van der Waals surface area contributed by atoms with Crippen LogP contribution in [0.25, 0.3) is 0 Å². The summed E-state index contributed by atoms with van der Waals surface area (Å²) in [5, 5.41) is 9.61. The van der Waals surface area contributed by atoms with Gasteiger partial charge in [0.1, 0.15) is 10.6 Å². The van der Waals surface area contributed by atoms with Gasteiger partial charge >= 0.3 is 6.09 Å². The summed E-state index contributed by atoms with van der Waals surface area (Å²) in [5.74, 6) is -0.314. The number of sulfonamides is 1. The lowest BCUT2D eigenvalue weighted by atomic mass is 10.0. The molecule has 3 N–H and O–H groups in total. The Kier molecular flexibility index (Phi) is 9.12. The Bertz CT molecular complexity index is 1580. The molecular weight excluding hydrogens is 629 g/mol. The SMILES string of the molecule is COc1ccc(C)cc1S(=O)(=O)N1CCCc2ccc(C(=O)NN3SC4=CC=C/C4=N/SNSN(C(=O)O)S3)cc21. The second kappa shape index (κ2) is 12.6. The zero-order valence-electron chi connectivity index (χ0n) is 21.6. The molecule has 0 spiro atoms. The minimum atomic E-state index is -4.01. The summed E-state index contributed by atoms with van der Waals surface area (Å²) in [4.78, 5) is 26.0. The lowest BCUT2D eigenvalue weighted by molar-refractivity contribution is 0.0922. The van der Waals surface area contributed by atoms with Gasteiger partial charge in [0.15, 0.2) is 0 Å². The molecular formula is C24H24N6O6S5. The van der Waals surface area contributed by atoms with Gasteiger partial charge in [0.2, 0.25) is 0 Å². The number of nitrogens with one attached hydrogen (secondary N) is 2. The maximum absolute atomic E-state index is 13.9. The number of allylic oxidation sites excluding steroid dienone is 4. The Balaban J connectivity index is 1.44. The van der Waals surface area contributed by atoms with Crippen LogP contribution in [0.3, 0.4) is 0 Å². The molecule has 1 aliphatic carbocycles. The summed E-state index contributed by atoms with van der Waals surface area (Å²) in [7, 11) is -2.58. The fraction of sp³-hybridized carbons (Fsp3) is 0.208. The molecule has 2 amide bonds. The number of carbonyl (C=O) groups excluding carboxylic acids is 1. The van der Waals surface area contributed by atoms with Crippen LogP contribution in [-0.2, 0) is 16.4 Å². The smallest absolute Gasteiger partial charge is 0.430 e. The Hall–Kier alpha value is -2.80. The number of rotatable bonds is 5. The average molecular weight is 653 g/mol. The Labute approximate surface area is 254 Å². The molecule has 216 valence electrons. The van der Waals surface area contributed by atoms with Crippen molar-refractivity contribution in [1.82, 2.24) is 17.1 Å². The van der Waals surface area contributed by atoms with Crippen molar-refractivity contribution in [3.05, 3.63) is 76.2 Å². The first-order valence-corrected chi connectivity index (χ1v) is 16.5. The number of carbonyl (C=O) groups is 2. The van der Waals surface area contributed by atoms with Crippen molar-refractivity contribution in [2.24, 2.45) is 4.40 Å². The molecule has 0 unspecified atom stereocenters. The molecule has 0 saturated carbocycles. The molecule has 0 radical (unpaired) electrons. The molecule has 0 saturated heterocycles. The van der Waals surface area contributed by atoms with Crippen LogP contribution in [0.5, 0.6) is 5.75 Å². The molecule has 2 aromatic carbocycles. The minimum absolute atomic E-state index is 0.0528. The minimum Gasteiger partial charge on any atom is -0.495 e. The van der Waals surface area contributed by atoms with E-state index in [9.17, 15) is 23.1 Å². The third-order valence-corrected chi connectivity index (χ3v) is 11.3. The van der Waals surface area contributed by atoms with E-state index in [-0.39, 0.29) is 22.8 Å². The van der Waals surface area contributed by atoms with Crippen LogP contribution >= 0.6 is 48.3 Å². The Morgan fingerprint density at radius 3 is 2.80 bits per heavy atom. The summed E-state index contributed by atoms with van der Waals surface area (Å²) in [6.07, 6.45) is 5.42. The number of aryl methyl sites for hydroxylation is 2. The number of hydrogen-bond donors (Lipinski definition) is 3. The van der Waals surface area contributed by atoms with E-state index in [1.54, 1.807) is 61.5 Å². The van der Waals surface area contributed by atoms with Crippen LogP contribution in [-0.4, -0.2) is 52.4 Å². The maximum atomic E-state index is 13.9. The molecule has 0 bridgehead atoms. The standard InChI is InChI=1S/C24H24N6O6S5/c1-15-8-11-20(36-2)22(13-15)41(34,35)28-12-4-5-16-9-10-17(14-19(16)28)23(31)25-30-37-21-7-3-6-18(21)26-38-27-39-29(40-30)24(32)33/h3,6-11,13-14,27H,4-5,12H2,1-2H3,(H,25,31)(H,32,33)/b26-18-. The van der Waals surface area contributed by atoms with Gasteiger partial charge in [0.25, 0.3) is 15.9 Å². The number of carboxylic acid groups (broad SMARTS) is 1. The molecule has 0 fully saturated rings. The third kappa shape index (κ3) is 6.50. The number of hydrogen-bond acceptors (Lipinski definition) is 12. The van der Waals surface area contributed by atoms with Crippen molar-refractivity contribution in [2.45, 2.75) is 24.7 Å². The van der Waals surface area contributed by atoms with E-state index >= 15 is 0 Å². The number of benzene rings is 2. The molecule has 12 nitrogen and oxygen atoms in total. The average Bonchev–Trinajstić information content (AvgIpc) is 3.40. The highest BCUT2D eigenvalue weighted by atomic mass is 32.3. The largest absolute Gasteiger partial charge is 0.495 e. The molecule has 2 heterocycles. The number of ether oxygens (including phenoxy) is 1. The van der Waals surface area contributed by atoms with E-state index in [4.69, 9.17) is 4.74 Å². The molecule has 3 aliphatic rings. The molecule has 0 aromatic heterocycles. The van der Waals surface area contributed by atoms with E-state index in [1.165, 1.54) is 15.2 Å². The van der Waals surface area contributed by atoms with Gasteiger partial charge in [-0.1, -0.05) is 22.0 Å². The molecule has 17 heteroatoms. The summed E-state index contributed by atoms with van der Waals surface area (Å²) >= 11 is 3.61. The van der Waals surface area contributed by atoms with Crippen LogP contribution in [0.2, 0.25) is 0 Å². The second-order valence-electron chi connectivity index (χ2n) is 8.72. The molecule has 2 aliphatic heterocycles. The van der Waals surface area contributed by atoms with Crippen molar-refractivity contribution >= 4 is 81.8 Å². The summed E-state index contributed by atoms with van der Waals surface area (Å²) in [6.45, 7) is 2.05. The van der Waals surface area contributed by atoms with E-state index in [2.05, 4.69) is 14.0 Å². The highest BCUT2D eigenvalue weighted by Gasteiger charge is 2.33. The van der Waals surface area contributed by atoms with Gasteiger partial charge in [-0.3, -0.25) is 14.5 Å². The van der Waals surface area contributed by atoms with Gasteiger partial charge in [-0.15, -0.1) is 0 Å². The Morgan fingerprint density at radius 2 is 2.02 bits per heavy atom. The number of amides is 2. The van der Waals surface area contributed by atoms with Crippen LogP contribution in [0.15, 0.2) is 68.8 Å². The van der Waals surface area contributed by atoms with E-state index in [0.29, 0.717) is 29.1 Å². The van der Waals surface area contributed by atoms with Crippen molar-refractivity contribution in [2.75, 3.05) is 18.0 Å². The van der Waals surface area contributed by atoms with Crippen LogP contribution < -0.4 is 18.6 Å². The molecule has 5 rings (SSSR count). The predicted octanol–water partition coefficient (Wildman–Crippen LogP) is 4.91. The summed E-state index contributed by atoms with van der Waals surface area (Å²) < 4.78 is 43.7. The Morgan fingerprint density at radius 1 is 1.20 bits per heavy atom. The third-order valence-electron chi connectivity index (χ3n) is 6.04. The first-order chi connectivity index (χ1) is 19.7. The van der Waals surface area contributed by atoms with Crippen molar-refractivity contribution in [3.63, 3.8) is 0 Å². The summed E-state index contributed by atoms with van der Waals surface area (Å²) in [6, 6.07) is 9.89. The molecule has 2 aromatic rings. The predicted molar refractivity (Wildman–Crippen MR) is 164 cm³/mol. The number of nitrogens with zero attached hydrogens (tertiary/aromatic N) is 4. The maximum Gasteiger partial charge on any atom is 0.430 e. The molecule has 41 heavy (non-hydrogen) atoms. The highest BCUT2D eigenvalue weighted by molar-refractivity contribution is 8.21. The monoisotopic (exact) mass is 652 g/mol. The van der Waals surface area contributed by atoms with Gasteiger partial charge < -0.3 is 9.84 Å². The van der Waals surface area contributed by atoms with Gasteiger partial charge in [-0.2, -0.15) is 12.2 Å². The van der Waals surface area contributed by atoms with Crippen LogP contribution in [0.1, 0.15) is 27.9 Å². The van der Waals surface area contributed by atoms with E-state index < -0.39 is 22.0 Å². The first kappa shape index (κ1) is 29.7. The normalized spacial score (nSPS) is 19.0. The van der Waals surface area contributed by atoms with Gasteiger partial charge in [-0.05, 0) is 79.3 Å². The van der Waals surface area contributed by atoms with Gasteiger partial charge in [-0.25, -0.2) is 13.2 Å². The van der Waals surface area contributed by atoms with Crippen LogP contribution in [0.4, 0.5) is 10.5 Å². The lowest BCUT2D eigenvalue weighted by Gasteiger charge is -2.31. The number of hydrazine groups is 1. The first-order valence-electron chi connectivity index (χ1n) is 12.0. The number of methoxy groups -OCH3 is 1. The number of anilines is 1. The second-order valence-corrected chi connectivity index (χ2v) is 14.5. The zero-order chi connectivity index (χ0) is 29.1. The van der Waals surface area contributed by atoms with Crippen LogP contribution in [0, 0.1) is 6.92 Å². The zero-order valence-corrected chi connectivity index (χ0v) is 25.7. The summed E-state index contributed by atoms with van der Waals surface area (Å²) in [5.41, 5.74) is 5.56. The fourth-order valence-electron chi connectivity index (χ4n) is 4.16. The van der Waals surface area contributed by atoms with Crippen molar-refractivity contribution in [1.29, 1.82) is 0 Å². The van der Waals surface area contributed by atoms with E-state index in [0.717, 1.165) is 63.2 Å².